The van der Waals surface area contributed by atoms with Crippen molar-refractivity contribution >= 4 is 29.1 Å². The second-order valence-corrected chi connectivity index (χ2v) is 9.08. The summed E-state index contributed by atoms with van der Waals surface area (Å²) in [4.78, 5) is 26.7. The monoisotopic (exact) mass is 395 g/mol. The van der Waals surface area contributed by atoms with Crippen LogP contribution in [0.2, 0.25) is 5.02 Å². The van der Waals surface area contributed by atoms with E-state index in [9.17, 15) is 14.9 Å². The summed E-state index contributed by atoms with van der Waals surface area (Å²) < 4.78 is 5.43. The number of hydrogen-bond acceptors (Lipinski definition) is 5. The fourth-order valence-electron chi connectivity index (χ4n) is 3.89. The fourth-order valence-corrected chi connectivity index (χ4v) is 4.12. The number of aryl methyl sites for hydroxylation is 1. The number of carbonyl (C=O) groups is 1. The first-order valence-corrected chi connectivity index (χ1v) is 9.55. The Hall–Kier alpha value is -2.02. The Labute approximate surface area is 164 Å². The zero-order chi connectivity index (χ0) is 20.0. The van der Waals surface area contributed by atoms with Gasteiger partial charge in [0.15, 0.2) is 0 Å². The van der Waals surface area contributed by atoms with Gasteiger partial charge in [-0.15, -0.1) is 0 Å². The van der Waals surface area contributed by atoms with Gasteiger partial charge in [0, 0.05) is 43.3 Å². The molecule has 0 aromatic heterocycles. The number of halogens is 1. The average molecular weight is 396 g/mol. The molecule has 2 aliphatic heterocycles. The summed E-state index contributed by atoms with van der Waals surface area (Å²) >= 11 is 6.09. The van der Waals surface area contributed by atoms with E-state index in [4.69, 9.17) is 16.3 Å². The normalized spacial score (nSPS) is 19.0. The van der Waals surface area contributed by atoms with Crippen LogP contribution in [0.4, 0.5) is 16.2 Å². The van der Waals surface area contributed by atoms with Gasteiger partial charge in [0.2, 0.25) is 0 Å². The van der Waals surface area contributed by atoms with E-state index in [1.807, 2.05) is 27.7 Å². The highest BCUT2D eigenvalue weighted by atomic mass is 35.5. The molecular formula is C19H26ClN3O4. The minimum absolute atomic E-state index is 0.0570. The van der Waals surface area contributed by atoms with E-state index in [0.717, 1.165) is 50.3 Å². The Morgan fingerprint density at radius 3 is 2.37 bits per heavy atom. The molecule has 2 aliphatic rings. The number of rotatable bonds is 2. The van der Waals surface area contributed by atoms with Crippen molar-refractivity contribution in [3.63, 3.8) is 0 Å². The molecule has 2 heterocycles. The van der Waals surface area contributed by atoms with Crippen molar-refractivity contribution in [3.8, 4) is 0 Å². The van der Waals surface area contributed by atoms with E-state index in [0.29, 0.717) is 0 Å². The Morgan fingerprint density at radius 1 is 1.26 bits per heavy atom. The van der Waals surface area contributed by atoms with E-state index in [1.165, 1.54) is 6.07 Å². The number of nitro groups is 1. The smallest absolute Gasteiger partial charge is 0.410 e. The summed E-state index contributed by atoms with van der Waals surface area (Å²) in [5.41, 5.74) is 1.43. The van der Waals surface area contributed by atoms with Crippen molar-refractivity contribution in [3.05, 3.63) is 32.8 Å². The quantitative estimate of drug-likeness (QED) is 0.548. The van der Waals surface area contributed by atoms with E-state index in [2.05, 4.69) is 4.90 Å². The molecule has 2 fully saturated rings. The summed E-state index contributed by atoms with van der Waals surface area (Å²) in [7, 11) is 0. The van der Waals surface area contributed by atoms with Gasteiger partial charge in [-0.2, -0.15) is 0 Å². The molecule has 3 rings (SSSR count). The molecule has 0 aliphatic carbocycles. The summed E-state index contributed by atoms with van der Waals surface area (Å²) in [6, 6.07) is 3.23. The Bertz CT molecular complexity index is 759. The van der Waals surface area contributed by atoms with Crippen LogP contribution in [0, 0.1) is 22.5 Å². The first-order valence-electron chi connectivity index (χ1n) is 9.17. The molecule has 27 heavy (non-hydrogen) atoms. The molecule has 1 aromatic rings. The van der Waals surface area contributed by atoms with Crippen LogP contribution in [0.3, 0.4) is 0 Å². The number of piperidine rings is 1. The van der Waals surface area contributed by atoms with Gasteiger partial charge in [0.1, 0.15) is 10.6 Å². The average Bonchev–Trinajstić information content (AvgIpc) is 2.52. The lowest BCUT2D eigenvalue weighted by Gasteiger charge is -2.54. The number of anilines is 1. The van der Waals surface area contributed by atoms with Crippen molar-refractivity contribution in [1.82, 2.24) is 4.90 Å². The molecule has 8 heteroatoms. The minimum Gasteiger partial charge on any atom is -0.444 e. The summed E-state index contributed by atoms with van der Waals surface area (Å²) in [5, 5.41) is 11.2. The maximum Gasteiger partial charge on any atom is 0.410 e. The van der Waals surface area contributed by atoms with Crippen molar-refractivity contribution in [2.24, 2.45) is 5.41 Å². The van der Waals surface area contributed by atoms with Gasteiger partial charge < -0.3 is 14.5 Å². The second-order valence-electron chi connectivity index (χ2n) is 8.67. The van der Waals surface area contributed by atoms with Crippen LogP contribution in [-0.2, 0) is 4.74 Å². The maximum absolute atomic E-state index is 12.1. The number of benzene rings is 1. The third-order valence-corrected chi connectivity index (χ3v) is 5.63. The summed E-state index contributed by atoms with van der Waals surface area (Å²) in [6.07, 6.45) is 1.70. The standard InChI is InChI=1S/C19H26ClN3O4/c1-13-9-16(23(25)26)14(20)10-15(13)21-7-5-19(6-8-21)11-22(12-19)17(24)27-18(2,3)4/h9-10H,5-8,11-12H2,1-4H3. The number of likely N-dealkylation sites (tertiary alicyclic amines) is 1. The second kappa shape index (κ2) is 6.86. The molecule has 0 N–H and O–H groups in total. The van der Waals surface area contributed by atoms with Crippen molar-refractivity contribution in [2.45, 2.75) is 46.1 Å². The van der Waals surface area contributed by atoms with Gasteiger partial charge in [-0.25, -0.2) is 4.79 Å². The molecule has 0 saturated carbocycles. The highest BCUT2D eigenvalue weighted by Crippen LogP contribution is 2.43. The SMILES string of the molecule is Cc1cc([N+](=O)[O-])c(Cl)cc1N1CCC2(CC1)CN(C(=O)OC(C)(C)C)C2. The molecule has 2 saturated heterocycles. The third-order valence-electron chi connectivity index (χ3n) is 5.33. The number of nitrogens with zero attached hydrogens (tertiary/aromatic N) is 3. The van der Waals surface area contributed by atoms with Gasteiger partial charge in [-0.1, -0.05) is 11.6 Å². The molecule has 148 valence electrons. The topological polar surface area (TPSA) is 75.9 Å². The van der Waals surface area contributed by atoms with Crippen molar-refractivity contribution < 1.29 is 14.5 Å². The van der Waals surface area contributed by atoms with Gasteiger partial charge in [0.05, 0.1) is 4.92 Å². The van der Waals surface area contributed by atoms with E-state index < -0.39 is 10.5 Å². The van der Waals surface area contributed by atoms with E-state index >= 15 is 0 Å². The van der Waals surface area contributed by atoms with Crippen LogP contribution in [0.5, 0.6) is 0 Å². The van der Waals surface area contributed by atoms with Crippen LogP contribution in [0.1, 0.15) is 39.2 Å². The van der Waals surface area contributed by atoms with Gasteiger partial charge >= 0.3 is 6.09 Å². The van der Waals surface area contributed by atoms with Crippen LogP contribution >= 0.6 is 11.6 Å². The molecular weight excluding hydrogens is 370 g/mol. The predicted octanol–water partition coefficient (Wildman–Crippen LogP) is 4.39. The highest BCUT2D eigenvalue weighted by Gasteiger charge is 2.48. The third kappa shape index (κ3) is 4.13. The fraction of sp³-hybridized carbons (Fsp3) is 0.632. The summed E-state index contributed by atoms with van der Waals surface area (Å²) in [5.74, 6) is 0. The number of hydrogen-bond donors (Lipinski definition) is 0. The lowest BCUT2D eigenvalue weighted by molar-refractivity contribution is -0.384. The maximum atomic E-state index is 12.1. The molecule has 0 unspecified atom stereocenters. The van der Waals surface area contributed by atoms with Gasteiger partial charge in [0.25, 0.3) is 5.69 Å². The number of amides is 1. The Kier molecular flexibility index (Phi) is 5.01. The molecule has 0 atom stereocenters. The molecule has 0 bridgehead atoms. The number of nitro benzene ring substituents is 1. The van der Waals surface area contributed by atoms with Crippen LogP contribution in [0.25, 0.3) is 0 Å². The lowest BCUT2D eigenvalue weighted by atomic mass is 9.72. The molecule has 0 radical (unpaired) electrons. The van der Waals surface area contributed by atoms with Gasteiger partial charge in [-0.05, 0) is 52.2 Å². The largest absolute Gasteiger partial charge is 0.444 e. The number of carbonyl (C=O) groups excluding carboxylic acids is 1. The van der Waals surface area contributed by atoms with Crippen molar-refractivity contribution in [2.75, 3.05) is 31.1 Å². The van der Waals surface area contributed by atoms with Crippen LogP contribution in [-0.4, -0.2) is 47.7 Å². The first-order chi connectivity index (χ1) is 12.5. The van der Waals surface area contributed by atoms with E-state index in [1.54, 1.807) is 11.0 Å². The lowest BCUT2D eigenvalue weighted by Crippen LogP contribution is -2.62. The molecule has 7 nitrogen and oxygen atoms in total. The minimum atomic E-state index is -0.476. The zero-order valence-electron chi connectivity index (χ0n) is 16.2. The van der Waals surface area contributed by atoms with Crippen LogP contribution in [0.15, 0.2) is 12.1 Å². The Balaban J connectivity index is 1.60. The zero-order valence-corrected chi connectivity index (χ0v) is 17.0. The molecule has 1 amide bonds. The molecule has 1 spiro atoms. The highest BCUT2D eigenvalue weighted by molar-refractivity contribution is 6.33. The van der Waals surface area contributed by atoms with Crippen molar-refractivity contribution in [1.29, 1.82) is 0 Å². The molecule has 1 aromatic carbocycles. The van der Waals surface area contributed by atoms with E-state index in [-0.39, 0.29) is 22.2 Å². The van der Waals surface area contributed by atoms with Gasteiger partial charge in [-0.3, -0.25) is 10.1 Å². The van der Waals surface area contributed by atoms with Crippen LogP contribution < -0.4 is 4.90 Å². The predicted molar refractivity (Wildman–Crippen MR) is 105 cm³/mol. The first kappa shape index (κ1) is 19.7. The number of ether oxygens (including phenoxy) is 1. The summed E-state index contributed by atoms with van der Waals surface area (Å²) in [6.45, 7) is 10.6. The Morgan fingerprint density at radius 2 is 1.85 bits per heavy atom.